The van der Waals surface area contributed by atoms with Gasteiger partial charge in [-0.3, -0.25) is 4.79 Å². The van der Waals surface area contributed by atoms with Crippen molar-refractivity contribution < 1.29 is 9.53 Å². The molecule has 0 saturated carbocycles. The van der Waals surface area contributed by atoms with E-state index in [1.54, 1.807) is 0 Å². The molecular weight excluding hydrogens is 240 g/mol. The predicted octanol–water partition coefficient (Wildman–Crippen LogP) is 2.04. The van der Waals surface area contributed by atoms with Gasteiger partial charge in [-0.25, -0.2) is 0 Å². The van der Waals surface area contributed by atoms with Crippen LogP contribution in [-0.2, 0) is 9.53 Å². The highest BCUT2D eigenvalue weighted by Crippen LogP contribution is 2.23. The van der Waals surface area contributed by atoms with Crippen molar-refractivity contribution >= 4 is 5.97 Å². The predicted molar refractivity (Wildman–Crippen MR) is 78.1 cm³/mol. The van der Waals surface area contributed by atoms with Crippen LogP contribution in [-0.4, -0.2) is 49.2 Å². The van der Waals surface area contributed by atoms with Crippen molar-refractivity contribution in [2.24, 2.45) is 5.92 Å². The Morgan fingerprint density at radius 1 is 1.58 bits per heavy atom. The summed E-state index contributed by atoms with van der Waals surface area (Å²) >= 11 is 0. The van der Waals surface area contributed by atoms with Crippen LogP contribution in [0.1, 0.15) is 47.0 Å². The lowest BCUT2D eigenvalue weighted by atomic mass is 9.90. The van der Waals surface area contributed by atoms with Crippen LogP contribution in [0.3, 0.4) is 0 Å². The van der Waals surface area contributed by atoms with Crippen LogP contribution >= 0.6 is 0 Å². The van der Waals surface area contributed by atoms with Crippen molar-refractivity contribution in [3.05, 3.63) is 0 Å². The smallest absolute Gasteiger partial charge is 0.325 e. The lowest BCUT2D eigenvalue weighted by Gasteiger charge is -2.39. The van der Waals surface area contributed by atoms with E-state index < -0.39 is 5.54 Å². The summed E-state index contributed by atoms with van der Waals surface area (Å²) in [6.07, 6.45) is 3.38. The zero-order valence-electron chi connectivity index (χ0n) is 13.2. The second-order valence-corrected chi connectivity index (χ2v) is 6.15. The van der Waals surface area contributed by atoms with Gasteiger partial charge in [-0.1, -0.05) is 13.8 Å². The summed E-state index contributed by atoms with van der Waals surface area (Å²) in [5.41, 5.74) is -0.580. The fourth-order valence-electron chi connectivity index (χ4n) is 3.19. The van der Waals surface area contributed by atoms with E-state index in [1.165, 1.54) is 20.0 Å². The van der Waals surface area contributed by atoms with Crippen molar-refractivity contribution in [3.63, 3.8) is 0 Å². The standard InChI is InChI=1S/C15H30N2O2/c1-6-16-15(4,14(18)19-5)10-13(3)17-9-7-8-12(2)11-17/h12-13,16H,6-11H2,1-5H3. The van der Waals surface area contributed by atoms with Gasteiger partial charge in [0.05, 0.1) is 7.11 Å². The Kier molecular flexibility index (Phi) is 6.27. The zero-order chi connectivity index (χ0) is 14.5. The summed E-state index contributed by atoms with van der Waals surface area (Å²) in [7, 11) is 1.46. The fourth-order valence-corrected chi connectivity index (χ4v) is 3.19. The SMILES string of the molecule is CCNC(C)(CC(C)N1CCCC(C)C1)C(=O)OC. The Morgan fingerprint density at radius 3 is 2.79 bits per heavy atom. The average molecular weight is 270 g/mol. The van der Waals surface area contributed by atoms with E-state index in [9.17, 15) is 4.79 Å². The topological polar surface area (TPSA) is 41.6 Å². The molecule has 3 unspecified atom stereocenters. The van der Waals surface area contributed by atoms with E-state index in [0.717, 1.165) is 32.0 Å². The van der Waals surface area contributed by atoms with Gasteiger partial charge in [-0.05, 0) is 52.1 Å². The first-order chi connectivity index (χ1) is 8.92. The van der Waals surface area contributed by atoms with E-state index in [4.69, 9.17) is 4.74 Å². The lowest BCUT2D eigenvalue weighted by Crippen LogP contribution is -2.54. The van der Waals surface area contributed by atoms with Crippen molar-refractivity contribution in [2.45, 2.75) is 58.5 Å². The van der Waals surface area contributed by atoms with Crippen molar-refractivity contribution in [2.75, 3.05) is 26.7 Å². The first kappa shape index (κ1) is 16.4. The number of likely N-dealkylation sites (tertiary alicyclic amines) is 1. The van der Waals surface area contributed by atoms with E-state index in [-0.39, 0.29) is 5.97 Å². The van der Waals surface area contributed by atoms with Gasteiger partial charge in [0.25, 0.3) is 0 Å². The maximum atomic E-state index is 12.0. The Morgan fingerprint density at radius 2 is 2.26 bits per heavy atom. The molecule has 1 aliphatic rings. The van der Waals surface area contributed by atoms with E-state index >= 15 is 0 Å². The number of hydrogen-bond acceptors (Lipinski definition) is 4. The maximum Gasteiger partial charge on any atom is 0.325 e. The summed E-state index contributed by atoms with van der Waals surface area (Å²) in [6, 6.07) is 0.394. The van der Waals surface area contributed by atoms with Crippen molar-refractivity contribution in [1.82, 2.24) is 10.2 Å². The van der Waals surface area contributed by atoms with Crippen LogP contribution in [0.25, 0.3) is 0 Å². The highest BCUT2D eigenvalue weighted by Gasteiger charge is 2.36. The van der Waals surface area contributed by atoms with Crippen molar-refractivity contribution in [1.29, 1.82) is 0 Å². The van der Waals surface area contributed by atoms with Crippen LogP contribution in [0.15, 0.2) is 0 Å². The molecule has 4 nitrogen and oxygen atoms in total. The number of rotatable bonds is 6. The highest BCUT2D eigenvalue weighted by atomic mass is 16.5. The fraction of sp³-hybridized carbons (Fsp3) is 0.933. The van der Waals surface area contributed by atoms with E-state index in [0.29, 0.717) is 6.04 Å². The van der Waals surface area contributed by atoms with Crippen LogP contribution in [0.4, 0.5) is 0 Å². The van der Waals surface area contributed by atoms with Gasteiger partial charge in [-0.2, -0.15) is 0 Å². The van der Waals surface area contributed by atoms with Crippen LogP contribution in [0.2, 0.25) is 0 Å². The lowest BCUT2D eigenvalue weighted by molar-refractivity contribution is -0.148. The Hall–Kier alpha value is -0.610. The molecule has 4 heteroatoms. The largest absolute Gasteiger partial charge is 0.468 e. The molecule has 1 saturated heterocycles. The van der Waals surface area contributed by atoms with Crippen molar-refractivity contribution in [3.8, 4) is 0 Å². The van der Waals surface area contributed by atoms with Crippen LogP contribution in [0, 0.1) is 5.92 Å². The molecule has 1 N–H and O–H groups in total. The number of esters is 1. The van der Waals surface area contributed by atoms with Gasteiger partial charge in [0.2, 0.25) is 0 Å². The molecule has 0 aromatic carbocycles. The highest BCUT2D eigenvalue weighted by molar-refractivity contribution is 5.80. The monoisotopic (exact) mass is 270 g/mol. The molecular formula is C15H30N2O2. The van der Waals surface area contributed by atoms with Gasteiger partial charge in [0.1, 0.15) is 5.54 Å². The van der Waals surface area contributed by atoms with E-state index in [1.807, 2.05) is 13.8 Å². The summed E-state index contributed by atoms with van der Waals surface area (Å²) in [5, 5.41) is 3.29. The summed E-state index contributed by atoms with van der Waals surface area (Å²) < 4.78 is 4.96. The third-order valence-electron chi connectivity index (χ3n) is 4.22. The molecule has 19 heavy (non-hydrogen) atoms. The summed E-state index contributed by atoms with van der Waals surface area (Å²) in [5.74, 6) is 0.603. The number of piperidine rings is 1. The second-order valence-electron chi connectivity index (χ2n) is 6.15. The zero-order valence-corrected chi connectivity index (χ0v) is 13.2. The van der Waals surface area contributed by atoms with Gasteiger partial charge >= 0.3 is 5.97 Å². The first-order valence-electron chi connectivity index (χ1n) is 7.50. The summed E-state index contributed by atoms with van der Waals surface area (Å²) in [4.78, 5) is 14.5. The molecule has 0 radical (unpaired) electrons. The first-order valence-corrected chi connectivity index (χ1v) is 7.50. The number of carbonyl (C=O) groups is 1. The molecule has 0 bridgehead atoms. The molecule has 1 fully saturated rings. The quantitative estimate of drug-likeness (QED) is 0.750. The third-order valence-corrected chi connectivity index (χ3v) is 4.22. The molecule has 0 amide bonds. The Labute approximate surface area is 117 Å². The number of methoxy groups -OCH3 is 1. The normalized spacial score (nSPS) is 25.6. The maximum absolute atomic E-state index is 12.0. The number of likely N-dealkylation sites (N-methyl/N-ethyl adjacent to an activating group) is 1. The summed E-state index contributed by atoms with van der Waals surface area (Å²) in [6.45, 7) is 11.6. The number of hydrogen-bond donors (Lipinski definition) is 1. The minimum absolute atomic E-state index is 0.161. The molecule has 1 rings (SSSR count). The molecule has 1 heterocycles. The minimum Gasteiger partial charge on any atom is -0.468 e. The minimum atomic E-state index is -0.580. The molecule has 1 aliphatic heterocycles. The molecule has 0 aliphatic carbocycles. The van der Waals surface area contributed by atoms with Gasteiger partial charge in [0, 0.05) is 12.6 Å². The molecule has 0 aromatic rings. The second kappa shape index (κ2) is 7.25. The van der Waals surface area contributed by atoms with E-state index in [2.05, 4.69) is 24.1 Å². The molecule has 3 atom stereocenters. The number of nitrogens with zero attached hydrogens (tertiary/aromatic N) is 1. The van der Waals surface area contributed by atoms with Gasteiger partial charge < -0.3 is 15.0 Å². The Balaban J connectivity index is 2.64. The molecule has 0 spiro atoms. The van der Waals surface area contributed by atoms with Crippen LogP contribution < -0.4 is 5.32 Å². The Bertz CT molecular complexity index is 296. The average Bonchev–Trinajstić information content (AvgIpc) is 2.37. The molecule has 0 aromatic heterocycles. The number of ether oxygens (including phenoxy) is 1. The van der Waals surface area contributed by atoms with Gasteiger partial charge in [0.15, 0.2) is 0 Å². The third kappa shape index (κ3) is 4.46. The number of carbonyl (C=O) groups excluding carboxylic acids is 1. The number of nitrogens with one attached hydrogen (secondary N) is 1. The van der Waals surface area contributed by atoms with Gasteiger partial charge in [-0.15, -0.1) is 0 Å². The van der Waals surface area contributed by atoms with Crippen LogP contribution in [0.5, 0.6) is 0 Å². The molecule has 112 valence electrons.